The minimum absolute atomic E-state index is 0.0197. The Morgan fingerprint density at radius 1 is 1.24 bits per heavy atom. The molecule has 2 amide bonds. The lowest BCUT2D eigenvalue weighted by Crippen LogP contribution is -2.45. The maximum Gasteiger partial charge on any atom is 0.263 e. The number of thiophene rings is 1. The van der Waals surface area contributed by atoms with E-state index in [0.717, 1.165) is 57.5 Å². The molecular formula is C29H33N5O3S. The molecule has 2 unspecified atom stereocenters. The second-order valence-electron chi connectivity index (χ2n) is 10.1. The molecule has 198 valence electrons. The van der Waals surface area contributed by atoms with Gasteiger partial charge in [-0.05, 0) is 82.4 Å². The Morgan fingerprint density at radius 3 is 2.71 bits per heavy atom. The number of ether oxygens (including phenoxy) is 1. The molecule has 1 saturated carbocycles. The van der Waals surface area contributed by atoms with Gasteiger partial charge in [0, 0.05) is 18.3 Å². The molecule has 38 heavy (non-hydrogen) atoms. The van der Waals surface area contributed by atoms with E-state index in [2.05, 4.69) is 38.3 Å². The molecule has 5 rings (SSSR count). The van der Waals surface area contributed by atoms with E-state index in [0.29, 0.717) is 16.8 Å². The first-order valence-corrected chi connectivity index (χ1v) is 13.8. The zero-order chi connectivity index (χ0) is 27.0. The number of benzene rings is 1. The number of carbonyl (C=O) groups excluding carboxylic acids is 2. The summed E-state index contributed by atoms with van der Waals surface area (Å²) < 4.78 is 7.93. The number of nitrogens with one attached hydrogen (secondary N) is 3. The predicted octanol–water partition coefficient (Wildman–Crippen LogP) is 4.70. The summed E-state index contributed by atoms with van der Waals surface area (Å²) in [6, 6.07) is 7.98. The number of nitrogens with zero attached hydrogens (tertiary/aromatic N) is 2. The second-order valence-corrected chi connectivity index (χ2v) is 11.1. The van der Waals surface area contributed by atoms with Crippen LogP contribution in [-0.2, 0) is 4.79 Å². The molecule has 0 saturated heterocycles. The highest BCUT2D eigenvalue weighted by Gasteiger charge is 2.27. The van der Waals surface area contributed by atoms with Gasteiger partial charge in [0.2, 0.25) is 5.91 Å². The van der Waals surface area contributed by atoms with Gasteiger partial charge in [0.15, 0.2) is 0 Å². The third kappa shape index (κ3) is 4.98. The molecule has 0 radical (unpaired) electrons. The number of aryl methyl sites for hydroxylation is 1. The van der Waals surface area contributed by atoms with Crippen molar-refractivity contribution in [2.75, 3.05) is 0 Å². The van der Waals surface area contributed by atoms with E-state index in [9.17, 15) is 9.59 Å². The van der Waals surface area contributed by atoms with Crippen molar-refractivity contribution in [3.05, 3.63) is 59.0 Å². The van der Waals surface area contributed by atoms with Gasteiger partial charge in [0.25, 0.3) is 5.91 Å². The summed E-state index contributed by atoms with van der Waals surface area (Å²) in [5.41, 5.74) is 4.33. The molecule has 0 aliphatic heterocycles. The molecule has 2 atom stereocenters. The smallest absolute Gasteiger partial charge is 0.263 e. The van der Waals surface area contributed by atoms with Gasteiger partial charge < -0.3 is 20.4 Å². The standard InChI is InChI=1S/C29H33N5O3S/c1-6-24(35)32-19-8-7-9-20(15-19)33-28(36)27-26-25-23(12-13-30-29(25)38-27)34(18(5)31-26)22-11-10-21(14-17(22)4)37-16(2)3/h6,10-14,16,19-20,31H,1,5,7-9,15H2,2-4H3,(H,32,35)(H,33,36). The Balaban J connectivity index is 1.49. The van der Waals surface area contributed by atoms with Crippen molar-refractivity contribution < 1.29 is 14.3 Å². The van der Waals surface area contributed by atoms with E-state index in [4.69, 9.17) is 4.74 Å². The molecule has 0 spiro atoms. The summed E-state index contributed by atoms with van der Waals surface area (Å²) in [6.45, 7) is 13.9. The number of hydrogen-bond acceptors (Lipinski definition) is 5. The van der Waals surface area contributed by atoms with Crippen LogP contribution in [0.1, 0.15) is 54.8 Å². The Kier molecular flexibility index (Phi) is 7.12. The van der Waals surface area contributed by atoms with Gasteiger partial charge in [-0.15, -0.1) is 11.3 Å². The molecule has 1 aliphatic carbocycles. The summed E-state index contributed by atoms with van der Waals surface area (Å²) in [5, 5.41) is 7.06. The van der Waals surface area contributed by atoms with Crippen LogP contribution in [0.5, 0.6) is 5.75 Å². The Labute approximate surface area is 225 Å². The molecule has 1 aliphatic rings. The first-order valence-electron chi connectivity index (χ1n) is 12.9. The van der Waals surface area contributed by atoms with Crippen molar-refractivity contribution in [2.45, 2.75) is 64.6 Å². The molecule has 3 aromatic heterocycles. The first-order chi connectivity index (χ1) is 18.2. The Morgan fingerprint density at radius 2 is 2.00 bits per heavy atom. The number of aromatic nitrogens is 3. The van der Waals surface area contributed by atoms with Crippen molar-refractivity contribution in [3.63, 3.8) is 0 Å². The molecule has 1 fully saturated rings. The Bertz CT molecular complexity index is 1600. The largest absolute Gasteiger partial charge is 0.491 e. The lowest BCUT2D eigenvalue weighted by Gasteiger charge is -2.30. The second kappa shape index (κ2) is 10.5. The number of rotatable bonds is 7. The SMILES string of the molecule is C=CC(=O)NC1CCCC(NC(=O)c2sc3nccc4c3c2[nH]c(=C)n4-c2ccc(OC(C)C)cc2C)C1. The summed E-state index contributed by atoms with van der Waals surface area (Å²) >= 11 is 1.37. The van der Waals surface area contributed by atoms with Crippen LogP contribution < -0.4 is 20.9 Å². The number of pyridine rings is 1. The van der Waals surface area contributed by atoms with Crippen molar-refractivity contribution in [1.82, 2.24) is 25.2 Å². The fourth-order valence-electron chi connectivity index (χ4n) is 5.28. The van der Waals surface area contributed by atoms with Crippen molar-refractivity contribution >= 4 is 51.0 Å². The van der Waals surface area contributed by atoms with Crippen LogP contribution in [0.15, 0.2) is 43.1 Å². The third-order valence-corrected chi connectivity index (χ3v) is 7.98. The molecule has 3 N–H and O–H groups in total. The van der Waals surface area contributed by atoms with Crippen LogP contribution in [0.2, 0.25) is 0 Å². The molecule has 8 nitrogen and oxygen atoms in total. The average molecular weight is 532 g/mol. The molecule has 9 heteroatoms. The minimum Gasteiger partial charge on any atom is -0.491 e. The van der Waals surface area contributed by atoms with Crippen LogP contribution in [0.25, 0.3) is 33.5 Å². The molecule has 3 heterocycles. The van der Waals surface area contributed by atoms with Crippen LogP contribution in [-0.4, -0.2) is 44.5 Å². The van der Waals surface area contributed by atoms with Crippen molar-refractivity contribution in [2.24, 2.45) is 0 Å². The number of H-pyrrole nitrogens is 1. The summed E-state index contributed by atoms with van der Waals surface area (Å²) in [7, 11) is 0. The first kappa shape index (κ1) is 25.8. The number of amides is 2. The predicted molar refractivity (Wildman–Crippen MR) is 153 cm³/mol. The normalized spacial score (nSPS) is 17.6. The summed E-state index contributed by atoms with van der Waals surface area (Å²) in [4.78, 5) is 34.6. The lowest BCUT2D eigenvalue weighted by atomic mass is 9.91. The highest BCUT2D eigenvalue weighted by molar-refractivity contribution is 7.21. The quantitative estimate of drug-likeness (QED) is 0.301. The topological polar surface area (TPSA) is 101 Å². The molecule has 0 bridgehead atoms. The van der Waals surface area contributed by atoms with E-state index in [-0.39, 0.29) is 30.0 Å². The van der Waals surface area contributed by atoms with Gasteiger partial charge in [-0.1, -0.05) is 13.2 Å². The molecule has 4 aromatic rings. The van der Waals surface area contributed by atoms with E-state index >= 15 is 0 Å². The van der Waals surface area contributed by atoms with Gasteiger partial charge in [0.05, 0.1) is 28.2 Å². The summed E-state index contributed by atoms with van der Waals surface area (Å²) in [5.74, 6) is 0.495. The highest BCUT2D eigenvalue weighted by Crippen LogP contribution is 2.34. The van der Waals surface area contributed by atoms with E-state index in [1.165, 1.54) is 17.4 Å². The van der Waals surface area contributed by atoms with E-state index in [1.807, 2.05) is 45.0 Å². The van der Waals surface area contributed by atoms with Crippen LogP contribution in [0.4, 0.5) is 0 Å². The minimum atomic E-state index is -0.181. The number of hydrogen-bond donors (Lipinski definition) is 3. The molecular weight excluding hydrogens is 498 g/mol. The van der Waals surface area contributed by atoms with Gasteiger partial charge in [-0.25, -0.2) is 4.98 Å². The van der Waals surface area contributed by atoms with Crippen molar-refractivity contribution in [3.8, 4) is 11.4 Å². The van der Waals surface area contributed by atoms with Crippen LogP contribution in [0, 0.1) is 6.92 Å². The van der Waals surface area contributed by atoms with Gasteiger partial charge in [-0.3, -0.25) is 14.2 Å². The third-order valence-electron chi connectivity index (χ3n) is 6.88. The fourth-order valence-corrected chi connectivity index (χ4v) is 6.30. The van der Waals surface area contributed by atoms with Crippen LogP contribution in [0.3, 0.4) is 0 Å². The van der Waals surface area contributed by atoms with E-state index in [1.54, 1.807) is 6.20 Å². The van der Waals surface area contributed by atoms with Gasteiger partial charge in [-0.2, -0.15) is 0 Å². The van der Waals surface area contributed by atoms with Crippen LogP contribution >= 0.6 is 11.3 Å². The molecule has 1 aromatic carbocycles. The lowest BCUT2D eigenvalue weighted by molar-refractivity contribution is -0.117. The maximum absolute atomic E-state index is 13.5. The number of carbonyl (C=O) groups is 2. The highest BCUT2D eigenvalue weighted by atomic mass is 32.1. The van der Waals surface area contributed by atoms with Crippen molar-refractivity contribution in [1.29, 1.82) is 0 Å². The van der Waals surface area contributed by atoms with E-state index < -0.39 is 0 Å². The zero-order valence-electron chi connectivity index (χ0n) is 22.0. The maximum atomic E-state index is 13.5. The Hall–Kier alpha value is -3.85. The zero-order valence-corrected chi connectivity index (χ0v) is 22.8. The average Bonchev–Trinajstić information content (AvgIpc) is 3.24. The summed E-state index contributed by atoms with van der Waals surface area (Å²) in [6.07, 6.45) is 6.54. The van der Waals surface area contributed by atoms with Gasteiger partial charge in [0.1, 0.15) is 20.9 Å². The number of aromatic amines is 1. The fraction of sp³-hybridized carbons (Fsp3) is 0.345. The van der Waals surface area contributed by atoms with Gasteiger partial charge >= 0.3 is 0 Å². The monoisotopic (exact) mass is 531 g/mol.